The monoisotopic (exact) mass is 691 g/mol. The van der Waals surface area contributed by atoms with Crippen LogP contribution in [-0.4, -0.2) is 50.5 Å². The number of unbranched alkanes of at least 4 members (excludes halogenated alkanes) is 1. The molecule has 0 fully saturated rings. The zero-order chi connectivity index (χ0) is 32.7. The number of halogens is 6. The number of alkyl halides is 3. The van der Waals surface area contributed by atoms with Gasteiger partial charge in [0.25, 0.3) is 0 Å². The molecule has 3 aromatic carbocycles. The number of rotatable bonds is 13. The van der Waals surface area contributed by atoms with Gasteiger partial charge in [-0.25, -0.2) is 8.42 Å². The Balaban J connectivity index is 2.14. The summed E-state index contributed by atoms with van der Waals surface area (Å²) in [5.41, 5.74) is -0.700. The summed E-state index contributed by atoms with van der Waals surface area (Å²) in [5.74, 6) is -1.41. The highest BCUT2D eigenvalue weighted by Crippen LogP contribution is 2.36. The second-order valence-electron chi connectivity index (χ2n) is 10.0. The van der Waals surface area contributed by atoms with Crippen LogP contribution in [0.15, 0.2) is 66.7 Å². The van der Waals surface area contributed by atoms with E-state index in [4.69, 9.17) is 34.8 Å². The lowest BCUT2D eigenvalue weighted by atomic mass is 10.0. The molecule has 1 atom stereocenters. The number of amides is 2. The van der Waals surface area contributed by atoms with E-state index in [9.17, 15) is 31.2 Å². The van der Waals surface area contributed by atoms with Crippen LogP contribution in [0.5, 0.6) is 0 Å². The van der Waals surface area contributed by atoms with Gasteiger partial charge in [-0.3, -0.25) is 13.9 Å². The molecule has 3 aromatic rings. The molecular formula is C30H31Cl3F3N3O4S. The summed E-state index contributed by atoms with van der Waals surface area (Å²) < 4.78 is 67.0. The molecule has 0 aromatic heterocycles. The molecule has 0 bridgehead atoms. The van der Waals surface area contributed by atoms with Gasteiger partial charge in [0.2, 0.25) is 21.8 Å². The number of carbonyl (C=O) groups is 2. The lowest BCUT2D eigenvalue weighted by Crippen LogP contribution is -2.53. The largest absolute Gasteiger partial charge is 0.416 e. The normalized spacial score (nSPS) is 12.5. The van der Waals surface area contributed by atoms with Crippen LogP contribution in [0.4, 0.5) is 18.9 Å². The molecule has 2 amide bonds. The number of sulfonamides is 1. The van der Waals surface area contributed by atoms with Gasteiger partial charge in [0, 0.05) is 35.1 Å². The zero-order valence-electron chi connectivity index (χ0n) is 23.9. The first-order chi connectivity index (χ1) is 20.6. The minimum Gasteiger partial charge on any atom is -0.354 e. The molecular weight excluding hydrogens is 662 g/mol. The Kier molecular flexibility index (Phi) is 12.4. The molecule has 0 unspecified atom stereocenters. The Morgan fingerprint density at radius 1 is 0.932 bits per heavy atom. The van der Waals surface area contributed by atoms with E-state index in [0.717, 1.165) is 23.6 Å². The molecule has 1 N–H and O–H groups in total. The summed E-state index contributed by atoms with van der Waals surface area (Å²) in [4.78, 5) is 28.9. The predicted molar refractivity (Wildman–Crippen MR) is 168 cm³/mol. The topological polar surface area (TPSA) is 86.8 Å². The van der Waals surface area contributed by atoms with Crippen molar-refractivity contribution in [1.82, 2.24) is 10.2 Å². The number of nitrogens with zero attached hydrogens (tertiary/aromatic N) is 2. The molecule has 0 aliphatic rings. The van der Waals surface area contributed by atoms with Crippen LogP contribution in [0.3, 0.4) is 0 Å². The van der Waals surface area contributed by atoms with E-state index in [1.807, 2.05) is 6.92 Å². The van der Waals surface area contributed by atoms with E-state index in [1.165, 1.54) is 0 Å². The average Bonchev–Trinajstić information content (AvgIpc) is 2.94. The van der Waals surface area contributed by atoms with Crippen LogP contribution in [0.2, 0.25) is 15.1 Å². The van der Waals surface area contributed by atoms with Crippen molar-refractivity contribution in [2.24, 2.45) is 0 Å². The van der Waals surface area contributed by atoms with Gasteiger partial charge in [-0.2, -0.15) is 13.2 Å². The molecule has 238 valence electrons. The van der Waals surface area contributed by atoms with E-state index in [-0.39, 0.29) is 28.0 Å². The van der Waals surface area contributed by atoms with Crippen molar-refractivity contribution < 1.29 is 31.2 Å². The van der Waals surface area contributed by atoms with Crippen molar-refractivity contribution in [2.75, 3.05) is 23.7 Å². The van der Waals surface area contributed by atoms with Crippen LogP contribution >= 0.6 is 34.8 Å². The summed E-state index contributed by atoms with van der Waals surface area (Å²) >= 11 is 19.0. The lowest BCUT2D eigenvalue weighted by Gasteiger charge is -2.34. The maximum atomic E-state index is 14.1. The fourth-order valence-corrected chi connectivity index (χ4v) is 6.03. The molecule has 0 heterocycles. The maximum Gasteiger partial charge on any atom is 0.416 e. The SMILES string of the molecule is CCCCNC(=O)[C@@H](Cc1ccccc1)N(Cc1c(Cl)cccc1Cl)C(=O)CN(c1cc(C(F)(F)F)ccc1Cl)S(C)(=O)=O. The summed E-state index contributed by atoms with van der Waals surface area (Å²) in [6, 6.07) is 14.5. The van der Waals surface area contributed by atoms with E-state index in [1.54, 1.807) is 48.5 Å². The molecule has 0 saturated heterocycles. The number of hydrogen-bond donors (Lipinski definition) is 1. The predicted octanol–water partition coefficient (Wildman–Crippen LogP) is 6.99. The second-order valence-corrected chi connectivity index (χ2v) is 13.1. The standard InChI is InChI=1S/C30H31Cl3F3N3O4S/c1-3-4-15-37-29(41)27(16-20-9-6-5-7-10-20)38(18-22-23(31)11-8-12-24(22)32)28(40)19-39(44(2,42)43)26-17-21(30(34,35)36)13-14-25(26)33/h5-14,17,27H,3-4,15-16,18-19H2,1-2H3,(H,37,41)/t27-/m1/s1. The highest BCUT2D eigenvalue weighted by molar-refractivity contribution is 7.92. The molecule has 0 spiro atoms. The van der Waals surface area contributed by atoms with Crippen molar-refractivity contribution in [3.8, 4) is 0 Å². The van der Waals surface area contributed by atoms with E-state index >= 15 is 0 Å². The summed E-state index contributed by atoms with van der Waals surface area (Å²) in [6.07, 6.45) is -2.57. The number of nitrogens with one attached hydrogen (secondary N) is 1. The highest BCUT2D eigenvalue weighted by atomic mass is 35.5. The molecule has 3 rings (SSSR count). The lowest BCUT2D eigenvalue weighted by molar-refractivity contribution is -0.140. The minimum atomic E-state index is -4.81. The molecule has 14 heteroatoms. The Hall–Kier alpha value is -2.99. The summed E-state index contributed by atoms with van der Waals surface area (Å²) in [7, 11) is -4.36. The number of carbonyl (C=O) groups excluding carboxylic acids is 2. The zero-order valence-corrected chi connectivity index (χ0v) is 27.0. The quantitative estimate of drug-likeness (QED) is 0.196. The third-order valence-corrected chi connectivity index (χ3v) is 8.87. The van der Waals surface area contributed by atoms with Crippen LogP contribution in [0, 0.1) is 0 Å². The summed E-state index contributed by atoms with van der Waals surface area (Å²) in [6.45, 7) is 1.01. The van der Waals surface area contributed by atoms with Gasteiger partial charge in [-0.05, 0) is 42.3 Å². The smallest absolute Gasteiger partial charge is 0.354 e. The fourth-order valence-electron chi connectivity index (χ4n) is 4.39. The Bertz CT molecular complexity index is 1550. The highest BCUT2D eigenvalue weighted by Gasteiger charge is 2.36. The van der Waals surface area contributed by atoms with Crippen LogP contribution in [-0.2, 0) is 38.8 Å². The third-order valence-electron chi connectivity index (χ3n) is 6.71. The van der Waals surface area contributed by atoms with E-state index in [0.29, 0.717) is 40.5 Å². The van der Waals surface area contributed by atoms with Crippen molar-refractivity contribution in [2.45, 2.75) is 44.9 Å². The third kappa shape index (κ3) is 9.50. The van der Waals surface area contributed by atoms with Gasteiger partial charge < -0.3 is 10.2 Å². The molecule has 0 radical (unpaired) electrons. The van der Waals surface area contributed by atoms with Crippen LogP contribution in [0.1, 0.15) is 36.5 Å². The summed E-state index contributed by atoms with van der Waals surface area (Å²) in [5, 5.41) is 2.89. The van der Waals surface area contributed by atoms with Gasteiger partial charge in [0.1, 0.15) is 12.6 Å². The first kappa shape index (κ1) is 35.5. The molecule has 44 heavy (non-hydrogen) atoms. The average molecular weight is 693 g/mol. The number of benzene rings is 3. The van der Waals surface area contributed by atoms with Crippen molar-refractivity contribution >= 4 is 62.3 Å². The first-order valence-electron chi connectivity index (χ1n) is 13.5. The number of hydrogen-bond acceptors (Lipinski definition) is 4. The maximum absolute atomic E-state index is 14.1. The van der Waals surface area contributed by atoms with Gasteiger partial charge in [0.15, 0.2) is 0 Å². The minimum absolute atomic E-state index is 0.0375. The van der Waals surface area contributed by atoms with Crippen molar-refractivity contribution in [3.63, 3.8) is 0 Å². The fraction of sp³-hybridized carbons (Fsp3) is 0.333. The Morgan fingerprint density at radius 3 is 2.14 bits per heavy atom. The van der Waals surface area contributed by atoms with Gasteiger partial charge in [0.05, 0.1) is 22.5 Å². The van der Waals surface area contributed by atoms with Crippen LogP contribution < -0.4 is 9.62 Å². The van der Waals surface area contributed by atoms with Crippen molar-refractivity contribution in [3.05, 3.63) is 98.5 Å². The molecule has 7 nitrogen and oxygen atoms in total. The van der Waals surface area contributed by atoms with Gasteiger partial charge in [-0.1, -0.05) is 84.5 Å². The van der Waals surface area contributed by atoms with Crippen molar-refractivity contribution in [1.29, 1.82) is 0 Å². The first-order valence-corrected chi connectivity index (χ1v) is 16.5. The Morgan fingerprint density at radius 2 is 1.57 bits per heavy atom. The van der Waals surface area contributed by atoms with E-state index in [2.05, 4.69) is 5.32 Å². The van der Waals surface area contributed by atoms with Gasteiger partial charge >= 0.3 is 6.18 Å². The molecule has 0 aliphatic carbocycles. The molecule has 0 saturated carbocycles. The second kappa shape index (κ2) is 15.3. The van der Waals surface area contributed by atoms with E-state index < -0.39 is 51.9 Å². The molecule has 0 aliphatic heterocycles. The van der Waals surface area contributed by atoms with Gasteiger partial charge in [-0.15, -0.1) is 0 Å². The number of anilines is 1. The Labute approximate surface area is 269 Å². The van der Waals surface area contributed by atoms with Crippen LogP contribution in [0.25, 0.3) is 0 Å².